The standard InChI is InChI=1S/C15H14BrFN2O/c16-12-5-3-11(4-6-12)14(15(18)20)19-9-10-1-7-13(17)8-2-10/h1-8,14,19H,9H2,(H2,18,20)/t14-/m1/s1. The second kappa shape index (κ2) is 6.63. The lowest BCUT2D eigenvalue weighted by Crippen LogP contribution is -2.33. The van der Waals surface area contributed by atoms with Gasteiger partial charge in [-0.05, 0) is 35.4 Å². The predicted molar refractivity (Wildman–Crippen MR) is 79.3 cm³/mol. The highest BCUT2D eigenvalue weighted by Crippen LogP contribution is 2.17. The molecule has 0 spiro atoms. The van der Waals surface area contributed by atoms with Crippen molar-refractivity contribution in [3.05, 3.63) is 69.9 Å². The summed E-state index contributed by atoms with van der Waals surface area (Å²) in [5, 5.41) is 3.08. The van der Waals surface area contributed by atoms with Gasteiger partial charge < -0.3 is 5.73 Å². The molecule has 0 radical (unpaired) electrons. The Labute approximate surface area is 125 Å². The summed E-state index contributed by atoms with van der Waals surface area (Å²) >= 11 is 3.34. The minimum Gasteiger partial charge on any atom is -0.368 e. The zero-order valence-electron chi connectivity index (χ0n) is 10.6. The normalized spacial score (nSPS) is 12.1. The molecule has 20 heavy (non-hydrogen) atoms. The van der Waals surface area contributed by atoms with Gasteiger partial charge in [0.25, 0.3) is 0 Å². The van der Waals surface area contributed by atoms with E-state index in [1.54, 1.807) is 12.1 Å². The minimum absolute atomic E-state index is 0.284. The average Bonchev–Trinajstić information content (AvgIpc) is 2.43. The lowest BCUT2D eigenvalue weighted by Gasteiger charge is -2.16. The van der Waals surface area contributed by atoms with Crippen LogP contribution in [0.1, 0.15) is 17.2 Å². The molecule has 0 fully saturated rings. The Balaban J connectivity index is 2.08. The van der Waals surface area contributed by atoms with Crippen LogP contribution in [0.4, 0.5) is 4.39 Å². The zero-order chi connectivity index (χ0) is 14.5. The van der Waals surface area contributed by atoms with E-state index in [-0.39, 0.29) is 5.82 Å². The number of benzene rings is 2. The fraction of sp³-hybridized carbons (Fsp3) is 0.133. The maximum Gasteiger partial charge on any atom is 0.239 e. The number of amides is 1. The van der Waals surface area contributed by atoms with Crippen LogP contribution in [-0.2, 0) is 11.3 Å². The van der Waals surface area contributed by atoms with Gasteiger partial charge in [-0.25, -0.2) is 4.39 Å². The van der Waals surface area contributed by atoms with Crippen molar-refractivity contribution in [2.45, 2.75) is 12.6 Å². The Kier molecular flexibility index (Phi) is 4.87. The second-order valence-corrected chi connectivity index (χ2v) is 5.31. The zero-order valence-corrected chi connectivity index (χ0v) is 12.2. The molecule has 2 aromatic rings. The summed E-state index contributed by atoms with van der Waals surface area (Å²) < 4.78 is 13.8. The fourth-order valence-electron chi connectivity index (χ4n) is 1.86. The second-order valence-electron chi connectivity index (χ2n) is 4.39. The average molecular weight is 337 g/mol. The van der Waals surface area contributed by atoms with Gasteiger partial charge in [0.05, 0.1) is 0 Å². The molecule has 0 bridgehead atoms. The van der Waals surface area contributed by atoms with Crippen molar-refractivity contribution in [1.29, 1.82) is 0 Å². The molecule has 0 aliphatic carbocycles. The smallest absolute Gasteiger partial charge is 0.239 e. The molecular formula is C15H14BrFN2O. The highest BCUT2D eigenvalue weighted by Gasteiger charge is 2.16. The molecule has 1 atom stereocenters. The first-order valence-corrected chi connectivity index (χ1v) is 6.88. The van der Waals surface area contributed by atoms with E-state index in [9.17, 15) is 9.18 Å². The summed E-state index contributed by atoms with van der Waals surface area (Å²) in [5.41, 5.74) is 7.10. The van der Waals surface area contributed by atoms with Gasteiger partial charge in [0.2, 0.25) is 5.91 Å². The Hall–Kier alpha value is -1.72. The molecule has 2 aromatic carbocycles. The van der Waals surface area contributed by atoms with Gasteiger partial charge in [-0.1, -0.05) is 40.2 Å². The van der Waals surface area contributed by atoms with Crippen molar-refractivity contribution < 1.29 is 9.18 Å². The molecule has 0 aliphatic heterocycles. The Morgan fingerprint density at radius 1 is 1.15 bits per heavy atom. The molecule has 1 amide bonds. The number of nitrogens with two attached hydrogens (primary N) is 1. The predicted octanol–water partition coefficient (Wildman–Crippen LogP) is 2.90. The maximum atomic E-state index is 12.8. The summed E-state index contributed by atoms with van der Waals surface area (Å²) in [6.45, 7) is 0.434. The van der Waals surface area contributed by atoms with E-state index in [1.165, 1.54) is 12.1 Å². The van der Waals surface area contributed by atoms with E-state index >= 15 is 0 Å². The number of nitrogens with one attached hydrogen (secondary N) is 1. The first-order valence-electron chi connectivity index (χ1n) is 6.09. The molecule has 0 aliphatic rings. The van der Waals surface area contributed by atoms with Crippen LogP contribution in [0, 0.1) is 5.82 Å². The Morgan fingerprint density at radius 2 is 1.75 bits per heavy atom. The van der Waals surface area contributed by atoms with Crippen molar-refractivity contribution in [3.63, 3.8) is 0 Å². The van der Waals surface area contributed by atoms with Crippen LogP contribution in [-0.4, -0.2) is 5.91 Å². The molecule has 0 heterocycles. The fourth-order valence-corrected chi connectivity index (χ4v) is 2.12. The largest absolute Gasteiger partial charge is 0.368 e. The van der Waals surface area contributed by atoms with Gasteiger partial charge in [0.15, 0.2) is 0 Å². The van der Waals surface area contributed by atoms with Gasteiger partial charge in [-0.15, -0.1) is 0 Å². The van der Waals surface area contributed by atoms with Crippen LogP contribution in [0.5, 0.6) is 0 Å². The molecule has 0 unspecified atom stereocenters. The molecule has 3 N–H and O–H groups in total. The van der Waals surface area contributed by atoms with Crippen molar-refractivity contribution >= 4 is 21.8 Å². The molecule has 3 nitrogen and oxygen atoms in total. The minimum atomic E-state index is -0.576. The van der Waals surface area contributed by atoms with Crippen molar-refractivity contribution in [2.75, 3.05) is 0 Å². The third kappa shape index (κ3) is 3.88. The van der Waals surface area contributed by atoms with Crippen LogP contribution in [0.15, 0.2) is 53.0 Å². The summed E-state index contributed by atoms with van der Waals surface area (Å²) in [5.74, 6) is -0.734. The SMILES string of the molecule is NC(=O)[C@H](NCc1ccc(F)cc1)c1ccc(Br)cc1. The quantitative estimate of drug-likeness (QED) is 0.881. The van der Waals surface area contributed by atoms with Crippen LogP contribution < -0.4 is 11.1 Å². The number of rotatable bonds is 5. The first kappa shape index (κ1) is 14.7. The van der Waals surface area contributed by atoms with E-state index in [2.05, 4.69) is 21.2 Å². The number of halogens is 2. The molecule has 2 rings (SSSR count). The highest BCUT2D eigenvalue weighted by atomic mass is 79.9. The van der Waals surface area contributed by atoms with E-state index in [4.69, 9.17) is 5.73 Å². The third-order valence-electron chi connectivity index (χ3n) is 2.91. The number of carbonyl (C=O) groups is 1. The van der Waals surface area contributed by atoms with E-state index in [0.717, 1.165) is 15.6 Å². The van der Waals surface area contributed by atoms with E-state index in [0.29, 0.717) is 6.54 Å². The van der Waals surface area contributed by atoms with Crippen LogP contribution in [0.3, 0.4) is 0 Å². The van der Waals surface area contributed by atoms with E-state index in [1.807, 2.05) is 24.3 Å². The monoisotopic (exact) mass is 336 g/mol. The molecule has 5 heteroatoms. The number of hydrogen-bond donors (Lipinski definition) is 2. The number of primary amides is 1. The van der Waals surface area contributed by atoms with Crippen LogP contribution >= 0.6 is 15.9 Å². The van der Waals surface area contributed by atoms with Gasteiger partial charge in [0, 0.05) is 11.0 Å². The highest BCUT2D eigenvalue weighted by molar-refractivity contribution is 9.10. The maximum absolute atomic E-state index is 12.8. The third-order valence-corrected chi connectivity index (χ3v) is 3.44. The topological polar surface area (TPSA) is 55.1 Å². The molecular weight excluding hydrogens is 323 g/mol. The van der Waals surface area contributed by atoms with Crippen LogP contribution in [0.25, 0.3) is 0 Å². The molecule has 0 saturated heterocycles. The Morgan fingerprint density at radius 3 is 2.30 bits per heavy atom. The first-order chi connectivity index (χ1) is 9.56. The van der Waals surface area contributed by atoms with Gasteiger partial charge in [-0.2, -0.15) is 0 Å². The summed E-state index contributed by atoms with van der Waals surface area (Å²) in [7, 11) is 0. The lowest BCUT2D eigenvalue weighted by molar-refractivity contribution is -0.120. The molecule has 0 saturated carbocycles. The lowest BCUT2D eigenvalue weighted by atomic mass is 10.1. The van der Waals surface area contributed by atoms with Crippen molar-refractivity contribution in [3.8, 4) is 0 Å². The van der Waals surface area contributed by atoms with Gasteiger partial charge >= 0.3 is 0 Å². The van der Waals surface area contributed by atoms with Crippen LogP contribution in [0.2, 0.25) is 0 Å². The molecule has 104 valence electrons. The van der Waals surface area contributed by atoms with E-state index < -0.39 is 11.9 Å². The summed E-state index contributed by atoms with van der Waals surface area (Å²) in [6.07, 6.45) is 0. The van der Waals surface area contributed by atoms with Crippen molar-refractivity contribution in [2.24, 2.45) is 5.73 Å². The van der Waals surface area contributed by atoms with Crippen molar-refractivity contribution in [1.82, 2.24) is 5.32 Å². The Bertz CT molecular complexity index is 584. The van der Waals surface area contributed by atoms with Gasteiger partial charge in [-0.3, -0.25) is 10.1 Å². The summed E-state index contributed by atoms with van der Waals surface area (Å²) in [6, 6.07) is 12.9. The van der Waals surface area contributed by atoms with Gasteiger partial charge in [0.1, 0.15) is 11.9 Å². The summed E-state index contributed by atoms with van der Waals surface area (Å²) in [4.78, 5) is 11.5. The number of carbonyl (C=O) groups excluding carboxylic acids is 1. The molecule has 0 aromatic heterocycles. The number of hydrogen-bond acceptors (Lipinski definition) is 2.